The lowest BCUT2D eigenvalue weighted by Crippen LogP contribution is -2.45. The zero-order chi connectivity index (χ0) is 56.3. The van der Waals surface area contributed by atoms with Gasteiger partial charge in [-0.2, -0.15) is 13.6 Å². The number of H-pyrrole nitrogens is 2. The Kier molecular flexibility index (Phi) is 16.1. The van der Waals surface area contributed by atoms with E-state index in [0.717, 1.165) is 12.7 Å². The number of ether oxygens (including phenoxy) is 6. The number of nitrogens with one attached hydrogen (secondary N) is 2. The van der Waals surface area contributed by atoms with E-state index in [1.165, 1.54) is 64.1 Å². The first kappa shape index (κ1) is 56.9. The number of carbonyl (C=O) groups is 1. The van der Waals surface area contributed by atoms with Gasteiger partial charge < -0.3 is 80.5 Å². The highest BCUT2D eigenvalue weighted by Crippen LogP contribution is 2.68. The second-order valence-electron chi connectivity index (χ2n) is 17.9. The number of methoxy groups -OCH3 is 1. The maximum Gasteiger partial charge on any atom is 0.490 e. The fraction of sp³-hybridized carbons (Fsp3) is 0.568. The molecule has 3 aliphatic heterocycles. The van der Waals surface area contributed by atoms with E-state index in [9.17, 15) is 58.1 Å². The SMILES string of the molecule is CO[C@@H]1[C@H](OCOC[C@H]2O[C@@H](n3cnc4c(=O)[nH]c(N)nc43)[C@H](O)[C@@H]2O)C(COP(=O)(O)OP(=O)(O)OP(=O)(O)OC[C@H]2OC([n+]3cn(C)c4c(=O)[nH]c(N)nc43)[C@H](O)[C@@H]2CC(=O)N(C)C)O[C@H]1n1cnc2c(N)ncnc21. The molecule has 1 amide bonds. The first-order chi connectivity index (χ1) is 36.8. The molecule has 78 heavy (non-hydrogen) atoms. The van der Waals surface area contributed by atoms with Gasteiger partial charge in [0.25, 0.3) is 17.1 Å². The number of nitrogens with two attached hydrogens (primary N) is 3. The van der Waals surface area contributed by atoms with Crippen LogP contribution in [-0.2, 0) is 71.6 Å². The molecule has 3 fully saturated rings. The maximum atomic E-state index is 13.3. The number of hydrogen-bond acceptors (Lipinski definition) is 28. The molecule has 3 aliphatic rings. The largest absolute Gasteiger partial charge is 0.490 e. The molecular weight excluding hydrogens is 1110 g/mol. The smallest absolute Gasteiger partial charge is 0.387 e. The Labute approximate surface area is 435 Å². The van der Waals surface area contributed by atoms with Crippen LogP contribution in [0.2, 0.25) is 0 Å². The van der Waals surface area contributed by atoms with E-state index in [1.54, 1.807) is 0 Å². The second-order valence-corrected chi connectivity index (χ2v) is 22.6. The van der Waals surface area contributed by atoms with E-state index in [-0.39, 0.29) is 51.2 Å². The van der Waals surface area contributed by atoms with Crippen LogP contribution in [0.4, 0.5) is 17.7 Å². The van der Waals surface area contributed by atoms with Gasteiger partial charge in [-0.15, -0.1) is 0 Å². The quantitative estimate of drug-likeness (QED) is 0.0141. The van der Waals surface area contributed by atoms with E-state index in [0.29, 0.717) is 0 Å². The molecule has 3 saturated heterocycles. The number of phosphoric acid groups is 3. The maximum absolute atomic E-state index is 13.3. The van der Waals surface area contributed by atoms with Crippen LogP contribution in [0.1, 0.15) is 25.1 Å². The minimum atomic E-state index is -6.13. The summed E-state index contributed by atoms with van der Waals surface area (Å²) in [5.41, 5.74) is 16.2. The van der Waals surface area contributed by atoms with E-state index < -0.39 is 147 Å². The summed E-state index contributed by atoms with van der Waals surface area (Å²) >= 11 is 0. The van der Waals surface area contributed by atoms with Gasteiger partial charge >= 0.3 is 29.1 Å². The Balaban J connectivity index is 0.854. The lowest BCUT2D eigenvalue weighted by atomic mass is 9.94. The van der Waals surface area contributed by atoms with Crippen molar-refractivity contribution in [3.05, 3.63) is 46.0 Å². The summed E-state index contributed by atoms with van der Waals surface area (Å²) < 4.78 is 98.8. The van der Waals surface area contributed by atoms with Crippen LogP contribution in [0.5, 0.6) is 0 Å². The van der Waals surface area contributed by atoms with Gasteiger partial charge in [0.2, 0.25) is 23.6 Å². The summed E-state index contributed by atoms with van der Waals surface area (Å²) in [7, 11) is -12.2. The molecule has 0 aromatic carbocycles. The highest BCUT2D eigenvalue weighted by Gasteiger charge is 2.52. The van der Waals surface area contributed by atoms with E-state index >= 15 is 0 Å². The van der Waals surface area contributed by atoms with Crippen LogP contribution >= 0.6 is 23.5 Å². The standard InChI is InChI=1S/C37H51N16O22P3/c1-49(2)18(54)5-14-15(71-33(22(14)55)53-12-50(3)21-30(53)46-37(40)48-32(21)59)7-69-76(60,61)74-78(64,65)75-77(62,63)70-8-17-25(26(66-4)35(73-17)51-10-43-19-27(38)41-9-42-28(19)51)68-13-67-6-16-23(56)24(57)34(72-16)52-11-44-20-29(52)45-36(39)47-31(20)58/h9-12,14-17,22-26,33-35,55-57H,5-8,13H2,1-4H3,(H10-,38,39,40,41,42,45,46,47,48,58,59,60,61,62,63,64,65)/p+1/t14-,15-,16-,17?,22-,23-,24-,25-,26-,33?,34-,35-/m1/s1. The summed E-state index contributed by atoms with van der Waals surface area (Å²) in [6.07, 6.45) is -10.9. The normalized spacial score (nSPS) is 28.8. The third-order valence-electron chi connectivity index (χ3n) is 12.6. The van der Waals surface area contributed by atoms with Gasteiger partial charge in [0.15, 0.2) is 41.4 Å². The predicted molar refractivity (Wildman–Crippen MR) is 255 cm³/mol. The molecule has 5 unspecified atom stereocenters. The van der Waals surface area contributed by atoms with Crippen molar-refractivity contribution in [2.24, 2.45) is 13.0 Å². The number of nitrogen functional groups attached to an aromatic ring is 3. The summed E-state index contributed by atoms with van der Waals surface area (Å²) in [5, 5.41) is 33.3. The number of carbonyl (C=O) groups excluding carboxylic acids is 1. The van der Waals surface area contributed by atoms with Crippen molar-refractivity contribution in [3.8, 4) is 0 Å². The summed E-state index contributed by atoms with van der Waals surface area (Å²) in [6.45, 7) is -3.13. The van der Waals surface area contributed by atoms with Gasteiger partial charge in [-0.25, -0.2) is 38.2 Å². The Bertz CT molecular complexity index is 3490. The van der Waals surface area contributed by atoms with Gasteiger partial charge in [0.05, 0.1) is 45.6 Å². The highest BCUT2D eigenvalue weighted by molar-refractivity contribution is 7.66. The number of aromatic amines is 2. The number of nitrogens with zero attached hydrogens (tertiary/aromatic N) is 11. The predicted octanol–water partition coefficient (Wildman–Crippen LogP) is -4.12. The summed E-state index contributed by atoms with van der Waals surface area (Å²) in [6, 6.07) is 0. The van der Waals surface area contributed by atoms with Gasteiger partial charge in [0, 0.05) is 33.5 Å². The molecule has 0 aliphatic carbocycles. The number of imidazole rings is 3. The van der Waals surface area contributed by atoms with E-state index in [4.69, 9.17) is 54.7 Å². The zero-order valence-corrected chi connectivity index (χ0v) is 43.7. The monoisotopic (exact) mass is 1170 g/mol. The van der Waals surface area contributed by atoms with Gasteiger partial charge in [-0.05, 0) is 0 Å². The summed E-state index contributed by atoms with van der Waals surface area (Å²) in [4.78, 5) is 100. The number of aliphatic hydroxyl groups is 3. The fourth-order valence-corrected chi connectivity index (χ4v) is 12.5. The average Bonchev–Trinajstić information content (AvgIpc) is 4.38. The van der Waals surface area contributed by atoms with Crippen molar-refractivity contribution >= 4 is 80.6 Å². The number of fused-ring (bicyclic) bond motifs is 3. The fourth-order valence-electron chi connectivity index (χ4n) is 9.03. The number of phosphoric ester groups is 2. The van der Waals surface area contributed by atoms with Crippen molar-refractivity contribution in [3.63, 3.8) is 0 Å². The first-order valence-electron chi connectivity index (χ1n) is 22.8. The van der Waals surface area contributed by atoms with Crippen molar-refractivity contribution in [2.75, 3.05) is 65.0 Å². The molecule has 0 radical (unpaired) electrons. The second kappa shape index (κ2) is 22.0. The van der Waals surface area contributed by atoms with Gasteiger partial charge in [-0.1, -0.05) is 4.98 Å². The molecule has 426 valence electrons. The summed E-state index contributed by atoms with van der Waals surface area (Å²) in [5.74, 6) is -2.26. The minimum absolute atomic E-state index is 0.00241. The minimum Gasteiger partial charge on any atom is -0.387 e. The molecule has 0 spiro atoms. The lowest BCUT2D eigenvalue weighted by Gasteiger charge is -2.24. The molecule has 0 bridgehead atoms. The van der Waals surface area contributed by atoms with Crippen LogP contribution in [0.15, 0.2) is 34.9 Å². The molecular formula is C37H52N16O22P3+. The molecule has 38 nitrogen and oxygen atoms in total. The molecule has 9 rings (SSSR count). The Morgan fingerprint density at radius 2 is 1.40 bits per heavy atom. The van der Waals surface area contributed by atoms with Gasteiger partial charge in [-0.3, -0.25) is 47.1 Å². The molecule has 41 heteroatoms. The highest BCUT2D eigenvalue weighted by atomic mass is 31.3. The van der Waals surface area contributed by atoms with Crippen LogP contribution in [0, 0.1) is 5.92 Å². The zero-order valence-electron chi connectivity index (χ0n) is 41.0. The topological polar surface area (TPSA) is 525 Å². The number of rotatable bonds is 21. The number of amides is 1. The molecule has 0 saturated carbocycles. The Hall–Kier alpha value is -5.83. The van der Waals surface area contributed by atoms with Crippen molar-refractivity contribution in [1.82, 2.24) is 58.5 Å². The van der Waals surface area contributed by atoms with Gasteiger partial charge in [0.1, 0.15) is 61.4 Å². The number of aromatic nitrogens is 12. The van der Waals surface area contributed by atoms with E-state index in [2.05, 4.69) is 48.5 Å². The van der Waals surface area contributed by atoms with Crippen molar-refractivity contribution in [1.29, 1.82) is 0 Å². The Morgan fingerprint density at radius 1 is 0.769 bits per heavy atom. The van der Waals surface area contributed by atoms with Crippen LogP contribution < -0.4 is 32.9 Å². The van der Waals surface area contributed by atoms with Crippen molar-refractivity contribution in [2.45, 2.75) is 73.9 Å². The first-order valence-corrected chi connectivity index (χ1v) is 27.3. The van der Waals surface area contributed by atoms with E-state index in [1.807, 2.05) is 0 Å². The third-order valence-corrected chi connectivity index (χ3v) is 16.9. The Morgan fingerprint density at radius 3 is 2.08 bits per heavy atom. The van der Waals surface area contributed by atoms with Crippen LogP contribution in [0.3, 0.4) is 0 Å². The number of hydrogen-bond donors (Lipinski definition) is 11. The molecule has 6 aromatic rings. The number of aliphatic hydroxyl groups excluding tert-OH is 3. The average molecular weight is 1170 g/mol. The van der Waals surface area contributed by atoms with Crippen LogP contribution in [0.25, 0.3) is 33.5 Å². The number of aryl methyl sites for hydroxylation is 1. The third kappa shape index (κ3) is 11.5. The molecule has 15 atom stereocenters. The van der Waals surface area contributed by atoms with Crippen molar-refractivity contribution < 1.29 is 99.1 Å². The lowest BCUT2D eigenvalue weighted by molar-refractivity contribution is -0.745. The van der Waals surface area contributed by atoms with Crippen LogP contribution in [-0.4, -0.2) is 191 Å². The number of anilines is 3. The molecule has 14 N–H and O–H groups in total. The molecule has 6 aromatic heterocycles. The molecule has 9 heterocycles.